The number of hydrogen-bond donors (Lipinski definition) is 2. The van der Waals surface area contributed by atoms with E-state index in [1.807, 2.05) is 0 Å². The zero-order chi connectivity index (χ0) is 14.5. The lowest BCUT2D eigenvalue weighted by Gasteiger charge is -2.25. The monoisotopic (exact) mass is 344 g/mol. The fourth-order valence-corrected chi connectivity index (χ4v) is 2.78. The lowest BCUT2D eigenvalue weighted by molar-refractivity contribution is 0.0701. The van der Waals surface area contributed by atoms with E-state index >= 15 is 0 Å². The topological polar surface area (TPSA) is 52.6 Å². The SMILES string of the molecule is O=C(c1cccc(Br)c1F)N(CCO)CC1CCCN1. The molecule has 1 aliphatic rings. The number of hydrogen-bond acceptors (Lipinski definition) is 3. The maximum Gasteiger partial charge on any atom is 0.257 e. The molecule has 1 fully saturated rings. The van der Waals surface area contributed by atoms with Crippen LogP contribution in [-0.4, -0.2) is 48.2 Å². The van der Waals surface area contributed by atoms with Gasteiger partial charge in [0.1, 0.15) is 5.82 Å². The summed E-state index contributed by atoms with van der Waals surface area (Å²) in [5, 5.41) is 12.4. The lowest BCUT2D eigenvalue weighted by Crippen LogP contribution is -2.42. The fraction of sp³-hybridized carbons (Fsp3) is 0.500. The van der Waals surface area contributed by atoms with Gasteiger partial charge in [0.05, 0.1) is 16.6 Å². The Kier molecular flexibility index (Phi) is 5.51. The van der Waals surface area contributed by atoms with Crippen molar-refractivity contribution in [3.05, 3.63) is 34.1 Å². The molecular formula is C14H18BrFN2O2. The molecule has 2 N–H and O–H groups in total. The molecule has 1 atom stereocenters. The van der Waals surface area contributed by atoms with Crippen LogP contribution in [0, 0.1) is 5.82 Å². The van der Waals surface area contributed by atoms with Crippen LogP contribution < -0.4 is 5.32 Å². The van der Waals surface area contributed by atoms with Crippen LogP contribution in [0.2, 0.25) is 0 Å². The Morgan fingerprint density at radius 2 is 2.35 bits per heavy atom. The Morgan fingerprint density at radius 3 is 3.00 bits per heavy atom. The molecule has 2 rings (SSSR count). The summed E-state index contributed by atoms with van der Waals surface area (Å²) in [4.78, 5) is 13.9. The van der Waals surface area contributed by atoms with Gasteiger partial charge >= 0.3 is 0 Å². The van der Waals surface area contributed by atoms with Crippen LogP contribution in [0.4, 0.5) is 4.39 Å². The third-order valence-corrected chi connectivity index (χ3v) is 4.05. The molecule has 0 spiro atoms. The van der Waals surface area contributed by atoms with Crippen molar-refractivity contribution in [3.63, 3.8) is 0 Å². The summed E-state index contributed by atoms with van der Waals surface area (Å²) in [7, 11) is 0. The maximum absolute atomic E-state index is 14.0. The molecule has 1 unspecified atom stereocenters. The van der Waals surface area contributed by atoms with E-state index in [1.54, 1.807) is 12.1 Å². The van der Waals surface area contributed by atoms with Gasteiger partial charge in [-0.3, -0.25) is 4.79 Å². The number of benzene rings is 1. The van der Waals surface area contributed by atoms with Gasteiger partial charge in [0.2, 0.25) is 0 Å². The number of amides is 1. The highest BCUT2D eigenvalue weighted by Crippen LogP contribution is 2.20. The number of halogens is 2. The van der Waals surface area contributed by atoms with Crippen molar-refractivity contribution in [1.29, 1.82) is 0 Å². The molecule has 1 amide bonds. The molecule has 1 saturated heterocycles. The summed E-state index contributed by atoms with van der Waals surface area (Å²) in [5.74, 6) is -0.939. The Bertz CT molecular complexity index is 478. The summed E-state index contributed by atoms with van der Waals surface area (Å²) in [6.07, 6.45) is 2.08. The van der Waals surface area contributed by atoms with Gasteiger partial charge in [-0.15, -0.1) is 0 Å². The van der Waals surface area contributed by atoms with Gasteiger partial charge in [0, 0.05) is 19.1 Å². The number of carbonyl (C=O) groups excluding carboxylic acids is 1. The summed E-state index contributed by atoms with van der Waals surface area (Å²) in [5.41, 5.74) is 0.0332. The molecule has 4 nitrogen and oxygen atoms in total. The van der Waals surface area contributed by atoms with E-state index < -0.39 is 5.82 Å². The average Bonchev–Trinajstić information content (AvgIpc) is 2.94. The van der Waals surface area contributed by atoms with Gasteiger partial charge in [-0.05, 0) is 47.4 Å². The van der Waals surface area contributed by atoms with E-state index in [0.29, 0.717) is 6.54 Å². The Balaban J connectivity index is 2.14. The number of aliphatic hydroxyl groups is 1. The minimum Gasteiger partial charge on any atom is -0.395 e. The zero-order valence-corrected chi connectivity index (χ0v) is 12.7. The summed E-state index contributed by atoms with van der Waals surface area (Å²) in [6, 6.07) is 4.88. The van der Waals surface area contributed by atoms with Crippen molar-refractivity contribution in [1.82, 2.24) is 10.2 Å². The van der Waals surface area contributed by atoms with Crippen molar-refractivity contribution in [2.45, 2.75) is 18.9 Å². The van der Waals surface area contributed by atoms with Crippen LogP contribution in [0.5, 0.6) is 0 Å². The van der Waals surface area contributed by atoms with Gasteiger partial charge in [0.15, 0.2) is 0 Å². The number of carbonyl (C=O) groups is 1. The molecule has 0 aromatic heterocycles. The molecule has 20 heavy (non-hydrogen) atoms. The van der Waals surface area contributed by atoms with Crippen LogP contribution in [0.15, 0.2) is 22.7 Å². The smallest absolute Gasteiger partial charge is 0.257 e. The number of rotatable bonds is 5. The van der Waals surface area contributed by atoms with Crippen LogP contribution in [-0.2, 0) is 0 Å². The minimum absolute atomic E-state index is 0.0332. The first-order valence-electron chi connectivity index (χ1n) is 6.71. The zero-order valence-electron chi connectivity index (χ0n) is 11.1. The molecule has 0 radical (unpaired) electrons. The van der Waals surface area contributed by atoms with E-state index in [1.165, 1.54) is 11.0 Å². The summed E-state index contributed by atoms with van der Waals surface area (Å²) >= 11 is 3.08. The molecule has 0 saturated carbocycles. The third kappa shape index (κ3) is 3.56. The maximum atomic E-state index is 14.0. The molecule has 1 aromatic rings. The van der Waals surface area contributed by atoms with Crippen molar-refractivity contribution < 1.29 is 14.3 Å². The predicted octanol–water partition coefficient (Wildman–Crippen LogP) is 1.77. The average molecular weight is 345 g/mol. The highest BCUT2D eigenvalue weighted by Gasteiger charge is 2.24. The van der Waals surface area contributed by atoms with Crippen LogP contribution >= 0.6 is 15.9 Å². The Labute approximate surface area is 126 Å². The molecule has 0 aliphatic carbocycles. The fourth-order valence-electron chi connectivity index (χ4n) is 2.41. The van der Waals surface area contributed by atoms with E-state index in [9.17, 15) is 9.18 Å². The molecule has 6 heteroatoms. The van der Waals surface area contributed by atoms with Gasteiger partial charge in [0.25, 0.3) is 5.91 Å². The molecule has 0 bridgehead atoms. The second kappa shape index (κ2) is 7.15. The van der Waals surface area contributed by atoms with E-state index in [-0.39, 0.29) is 35.1 Å². The van der Waals surface area contributed by atoms with E-state index in [2.05, 4.69) is 21.2 Å². The standard InChI is InChI=1S/C14H18BrFN2O2/c15-12-5-1-4-11(13(12)16)14(20)18(7-8-19)9-10-3-2-6-17-10/h1,4-5,10,17,19H,2-3,6-9H2. The first-order chi connectivity index (χ1) is 9.63. The van der Waals surface area contributed by atoms with Gasteiger partial charge in [-0.1, -0.05) is 6.07 Å². The second-order valence-electron chi connectivity index (χ2n) is 4.87. The third-order valence-electron chi connectivity index (χ3n) is 3.44. The molecule has 1 aliphatic heterocycles. The first kappa shape index (κ1) is 15.4. The Morgan fingerprint density at radius 1 is 1.55 bits per heavy atom. The van der Waals surface area contributed by atoms with Crippen molar-refractivity contribution in [2.24, 2.45) is 0 Å². The normalized spacial score (nSPS) is 18.2. The Hall–Kier alpha value is -0.980. The molecule has 1 aromatic carbocycles. The second-order valence-corrected chi connectivity index (χ2v) is 5.72. The lowest BCUT2D eigenvalue weighted by atomic mass is 10.1. The largest absolute Gasteiger partial charge is 0.395 e. The highest BCUT2D eigenvalue weighted by atomic mass is 79.9. The van der Waals surface area contributed by atoms with Crippen LogP contribution in [0.1, 0.15) is 23.2 Å². The number of aliphatic hydroxyl groups excluding tert-OH is 1. The summed E-state index contributed by atoms with van der Waals surface area (Å²) in [6.45, 7) is 1.51. The molecule has 110 valence electrons. The van der Waals surface area contributed by atoms with Gasteiger partial charge in [-0.25, -0.2) is 4.39 Å². The van der Waals surface area contributed by atoms with Gasteiger partial charge in [-0.2, -0.15) is 0 Å². The van der Waals surface area contributed by atoms with E-state index in [4.69, 9.17) is 5.11 Å². The molecular weight excluding hydrogens is 327 g/mol. The number of nitrogens with zero attached hydrogens (tertiary/aromatic N) is 1. The summed E-state index contributed by atoms with van der Waals surface area (Å²) < 4.78 is 14.3. The van der Waals surface area contributed by atoms with Crippen molar-refractivity contribution in [3.8, 4) is 0 Å². The van der Waals surface area contributed by atoms with Crippen molar-refractivity contribution in [2.75, 3.05) is 26.2 Å². The number of nitrogens with one attached hydrogen (secondary N) is 1. The molecule has 1 heterocycles. The van der Waals surface area contributed by atoms with E-state index in [0.717, 1.165) is 19.4 Å². The minimum atomic E-state index is -0.556. The van der Waals surface area contributed by atoms with Crippen molar-refractivity contribution >= 4 is 21.8 Å². The quantitative estimate of drug-likeness (QED) is 0.855. The predicted molar refractivity (Wildman–Crippen MR) is 78.1 cm³/mol. The highest BCUT2D eigenvalue weighted by molar-refractivity contribution is 9.10. The first-order valence-corrected chi connectivity index (χ1v) is 7.50. The van der Waals surface area contributed by atoms with Gasteiger partial charge < -0.3 is 15.3 Å². The van der Waals surface area contributed by atoms with Crippen LogP contribution in [0.3, 0.4) is 0 Å². The van der Waals surface area contributed by atoms with Crippen LogP contribution in [0.25, 0.3) is 0 Å².